The van der Waals surface area contributed by atoms with Crippen LogP contribution in [0, 0.1) is 0 Å². The molecule has 0 radical (unpaired) electrons. The van der Waals surface area contributed by atoms with Crippen LogP contribution in [0.15, 0.2) is 24.4 Å². The molecule has 2 aromatic rings. The Morgan fingerprint density at radius 3 is 2.89 bits per heavy atom. The molecule has 2 aliphatic rings. The van der Waals surface area contributed by atoms with Gasteiger partial charge in [0.1, 0.15) is 6.04 Å². The summed E-state index contributed by atoms with van der Waals surface area (Å²) in [6, 6.07) is 4.48. The van der Waals surface area contributed by atoms with Gasteiger partial charge in [-0.25, -0.2) is 10.2 Å². The van der Waals surface area contributed by atoms with Crippen LogP contribution in [0.4, 0.5) is 0 Å². The second-order valence-electron chi connectivity index (χ2n) is 6.43. The van der Waals surface area contributed by atoms with Crippen molar-refractivity contribution in [3.63, 3.8) is 0 Å². The first-order chi connectivity index (χ1) is 13.5. The predicted molar refractivity (Wildman–Crippen MR) is 91.9 cm³/mol. The van der Waals surface area contributed by atoms with Gasteiger partial charge in [0.25, 0.3) is 11.8 Å². The Labute approximate surface area is 158 Å². The topological polar surface area (TPSA) is 136 Å². The van der Waals surface area contributed by atoms with Gasteiger partial charge in [-0.1, -0.05) is 11.3 Å². The fourth-order valence-electron chi connectivity index (χ4n) is 3.32. The molecule has 1 unspecified atom stereocenters. The minimum atomic E-state index is -0.670. The third-order valence-electron chi connectivity index (χ3n) is 4.70. The van der Waals surface area contributed by atoms with E-state index >= 15 is 0 Å². The molecule has 0 saturated carbocycles. The molecule has 4 amide bonds. The summed E-state index contributed by atoms with van der Waals surface area (Å²) in [5.74, 6) is -1.62. The molecule has 11 heteroatoms. The van der Waals surface area contributed by atoms with E-state index in [-0.39, 0.29) is 23.9 Å². The summed E-state index contributed by atoms with van der Waals surface area (Å²) in [5, 5.41) is 9.94. The number of nitrogens with zero attached hydrogens (tertiary/aromatic N) is 4. The molecule has 1 fully saturated rings. The molecule has 3 heterocycles. The lowest BCUT2D eigenvalue weighted by molar-refractivity contribution is -0.136. The van der Waals surface area contributed by atoms with E-state index in [1.807, 2.05) is 0 Å². The number of carbonyl (C=O) groups excluding carboxylic acids is 4. The number of imide groups is 1. The van der Waals surface area contributed by atoms with E-state index in [1.165, 1.54) is 22.9 Å². The maximum absolute atomic E-state index is 12.8. The monoisotopic (exact) mass is 384 g/mol. The van der Waals surface area contributed by atoms with Crippen LogP contribution in [-0.2, 0) is 21.0 Å². The lowest BCUT2D eigenvalue weighted by Gasteiger charge is -2.29. The van der Waals surface area contributed by atoms with E-state index in [0.29, 0.717) is 24.2 Å². The molecule has 1 aromatic carbocycles. The number of rotatable bonds is 4. The van der Waals surface area contributed by atoms with Gasteiger partial charge in [-0.2, -0.15) is 0 Å². The smallest absolute Gasteiger partial charge is 0.297 e. The zero-order chi connectivity index (χ0) is 19.8. The van der Waals surface area contributed by atoms with Gasteiger partial charge in [0, 0.05) is 18.5 Å². The SMILES string of the molecule is CONC(=O)c1cn(-c2ccc3c(c2)C(=O)N(C2CCC(=O)NC2=O)C3)nn1. The van der Waals surface area contributed by atoms with Crippen molar-refractivity contribution in [1.29, 1.82) is 0 Å². The third-order valence-corrected chi connectivity index (χ3v) is 4.70. The van der Waals surface area contributed by atoms with Gasteiger partial charge in [0.15, 0.2) is 5.69 Å². The van der Waals surface area contributed by atoms with Crippen molar-refractivity contribution in [1.82, 2.24) is 30.7 Å². The summed E-state index contributed by atoms with van der Waals surface area (Å²) < 4.78 is 1.37. The molecule has 4 rings (SSSR count). The lowest BCUT2D eigenvalue weighted by atomic mass is 10.0. The van der Waals surface area contributed by atoms with Crippen LogP contribution >= 0.6 is 0 Å². The van der Waals surface area contributed by atoms with Crippen molar-refractivity contribution in [2.45, 2.75) is 25.4 Å². The average Bonchev–Trinajstić information content (AvgIpc) is 3.28. The van der Waals surface area contributed by atoms with Crippen molar-refractivity contribution >= 4 is 23.6 Å². The Balaban J connectivity index is 1.57. The first-order valence-electron chi connectivity index (χ1n) is 8.51. The zero-order valence-corrected chi connectivity index (χ0v) is 14.8. The first-order valence-corrected chi connectivity index (χ1v) is 8.51. The molecule has 0 aliphatic carbocycles. The molecule has 28 heavy (non-hydrogen) atoms. The second kappa shape index (κ2) is 6.85. The number of fused-ring (bicyclic) bond motifs is 1. The van der Waals surface area contributed by atoms with Crippen LogP contribution in [0.3, 0.4) is 0 Å². The minimum absolute atomic E-state index is 0.0545. The number of carbonyl (C=O) groups is 4. The van der Waals surface area contributed by atoms with Gasteiger partial charge in [-0.3, -0.25) is 29.3 Å². The van der Waals surface area contributed by atoms with Gasteiger partial charge in [-0.15, -0.1) is 5.10 Å². The van der Waals surface area contributed by atoms with Gasteiger partial charge < -0.3 is 4.90 Å². The van der Waals surface area contributed by atoms with Crippen LogP contribution in [0.5, 0.6) is 0 Å². The molecule has 1 atom stereocenters. The number of aromatic nitrogens is 3. The highest BCUT2D eigenvalue weighted by atomic mass is 16.6. The minimum Gasteiger partial charge on any atom is -0.322 e. The normalized spacial score (nSPS) is 18.8. The third kappa shape index (κ3) is 3.01. The van der Waals surface area contributed by atoms with Gasteiger partial charge in [-0.05, 0) is 24.1 Å². The second-order valence-corrected chi connectivity index (χ2v) is 6.43. The van der Waals surface area contributed by atoms with E-state index < -0.39 is 17.9 Å². The van der Waals surface area contributed by atoms with Gasteiger partial charge in [0.2, 0.25) is 11.8 Å². The molecular formula is C17H16N6O5. The summed E-state index contributed by atoms with van der Waals surface area (Å²) in [4.78, 5) is 54.0. The maximum Gasteiger partial charge on any atom is 0.297 e. The van der Waals surface area contributed by atoms with E-state index in [0.717, 1.165) is 5.56 Å². The highest BCUT2D eigenvalue weighted by Gasteiger charge is 2.39. The number of benzene rings is 1. The van der Waals surface area contributed by atoms with E-state index in [4.69, 9.17) is 0 Å². The Morgan fingerprint density at radius 2 is 2.14 bits per heavy atom. The zero-order valence-electron chi connectivity index (χ0n) is 14.8. The highest BCUT2D eigenvalue weighted by molar-refractivity contribution is 6.05. The molecule has 144 valence electrons. The van der Waals surface area contributed by atoms with Gasteiger partial charge in [0.05, 0.1) is 19.0 Å². The van der Waals surface area contributed by atoms with Crippen LogP contribution < -0.4 is 10.8 Å². The Bertz CT molecular complexity index is 1000. The fraction of sp³-hybridized carbons (Fsp3) is 0.294. The predicted octanol–water partition coefficient (Wildman–Crippen LogP) is -0.680. The molecular weight excluding hydrogens is 368 g/mol. The molecule has 2 N–H and O–H groups in total. The number of hydrogen-bond acceptors (Lipinski definition) is 7. The van der Waals surface area contributed by atoms with Crippen molar-refractivity contribution in [2.24, 2.45) is 0 Å². The molecule has 1 aromatic heterocycles. The molecule has 2 aliphatic heterocycles. The number of hydroxylamine groups is 1. The Hall–Kier alpha value is -3.60. The van der Waals surface area contributed by atoms with Crippen LogP contribution in [0.2, 0.25) is 0 Å². The summed E-state index contributed by atoms with van der Waals surface area (Å²) in [6.07, 6.45) is 1.92. The summed E-state index contributed by atoms with van der Waals surface area (Å²) in [6.45, 7) is 0.291. The lowest BCUT2D eigenvalue weighted by Crippen LogP contribution is -2.52. The maximum atomic E-state index is 12.8. The molecule has 0 bridgehead atoms. The van der Waals surface area contributed by atoms with Crippen LogP contribution in [0.25, 0.3) is 5.69 Å². The van der Waals surface area contributed by atoms with E-state index in [9.17, 15) is 19.2 Å². The summed E-state index contributed by atoms with van der Waals surface area (Å²) in [5.41, 5.74) is 3.96. The highest BCUT2D eigenvalue weighted by Crippen LogP contribution is 2.28. The molecule has 11 nitrogen and oxygen atoms in total. The number of nitrogens with one attached hydrogen (secondary N) is 2. The summed E-state index contributed by atoms with van der Waals surface area (Å²) in [7, 11) is 1.31. The number of amides is 4. The molecule has 0 spiro atoms. The van der Waals surface area contributed by atoms with Crippen molar-refractivity contribution in [3.05, 3.63) is 41.2 Å². The van der Waals surface area contributed by atoms with Crippen molar-refractivity contribution in [2.75, 3.05) is 7.11 Å². The largest absolute Gasteiger partial charge is 0.322 e. The van der Waals surface area contributed by atoms with Crippen LogP contribution in [-0.4, -0.2) is 56.7 Å². The van der Waals surface area contributed by atoms with Crippen molar-refractivity contribution in [3.8, 4) is 5.69 Å². The van der Waals surface area contributed by atoms with E-state index in [1.54, 1.807) is 18.2 Å². The quantitative estimate of drug-likeness (QED) is 0.526. The fourth-order valence-corrected chi connectivity index (χ4v) is 3.32. The average molecular weight is 384 g/mol. The Kier molecular flexibility index (Phi) is 4.35. The number of hydrogen-bond donors (Lipinski definition) is 2. The van der Waals surface area contributed by atoms with Gasteiger partial charge >= 0.3 is 0 Å². The number of piperidine rings is 1. The van der Waals surface area contributed by atoms with E-state index in [2.05, 4.69) is 25.9 Å². The van der Waals surface area contributed by atoms with Crippen molar-refractivity contribution < 1.29 is 24.0 Å². The van der Waals surface area contributed by atoms with Crippen LogP contribution in [0.1, 0.15) is 39.3 Å². The standard InChI is InChI=1S/C17H16N6O5/c1-28-20-15(25)12-8-23(21-19-12)10-3-2-9-7-22(17(27)11(9)6-10)13-4-5-14(24)18-16(13)26/h2-3,6,8,13H,4-5,7H2,1H3,(H,20,25)(H,18,24,26). The summed E-state index contributed by atoms with van der Waals surface area (Å²) >= 11 is 0. The molecule has 1 saturated heterocycles. The Morgan fingerprint density at radius 1 is 1.32 bits per heavy atom. The first kappa shape index (κ1) is 17.8.